The third-order valence-corrected chi connectivity index (χ3v) is 8.13. The molecule has 0 spiro atoms. The van der Waals surface area contributed by atoms with Crippen LogP contribution in [0, 0.1) is 13.8 Å². The van der Waals surface area contributed by atoms with Gasteiger partial charge in [0.25, 0.3) is 15.9 Å². The van der Waals surface area contributed by atoms with E-state index in [1.165, 1.54) is 18.3 Å². The molecule has 0 aliphatic heterocycles. The summed E-state index contributed by atoms with van der Waals surface area (Å²) in [6.07, 6.45) is 1.45. The third-order valence-electron chi connectivity index (χ3n) is 6.09. The molecule has 0 aliphatic carbocycles. The summed E-state index contributed by atoms with van der Waals surface area (Å²) in [6, 6.07) is 26.1. The van der Waals surface area contributed by atoms with Gasteiger partial charge in [0.2, 0.25) is 0 Å². The number of rotatable bonds is 12. The van der Waals surface area contributed by atoms with Crippen LogP contribution in [0.4, 0.5) is 5.69 Å². The number of aryl methyl sites for hydroxylation is 2. The molecule has 0 saturated heterocycles. The maximum absolute atomic E-state index is 13.6. The number of ether oxygens (including phenoxy) is 2. The van der Waals surface area contributed by atoms with Gasteiger partial charge in [-0.25, -0.2) is 13.8 Å². The lowest BCUT2D eigenvalue weighted by Crippen LogP contribution is -2.39. The molecule has 1 N–H and O–H groups in total. The second-order valence-electron chi connectivity index (χ2n) is 9.52. The average molecular weight is 606 g/mol. The van der Waals surface area contributed by atoms with Crippen molar-refractivity contribution in [2.24, 2.45) is 5.10 Å². The molecule has 0 bridgehead atoms. The van der Waals surface area contributed by atoms with E-state index < -0.39 is 22.5 Å². The maximum Gasteiger partial charge on any atom is 0.264 e. The molecule has 4 rings (SSSR count). The number of anilines is 1. The molecule has 8 nitrogen and oxygen atoms in total. The third kappa shape index (κ3) is 8.11. The van der Waals surface area contributed by atoms with E-state index in [-0.39, 0.29) is 4.90 Å². The van der Waals surface area contributed by atoms with Crippen LogP contribution in [0.25, 0.3) is 0 Å². The van der Waals surface area contributed by atoms with Crippen molar-refractivity contribution in [3.63, 3.8) is 0 Å². The number of hydrogen-bond donors (Lipinski definition) is 1. The molecular weight excluding hydrogens is 574 g/mol. The van der Waals surface area contributed by atoms with Gasteiger partial charge in [-0.15, -0.1) is 0 Å². The minimum absolute atomic E-state index is 0.0854. The first-order chi connectivity index (χ1) is 20.2. The topological polar surface area (TPSA) is 97.3 Å². The lowest BCUT2D eigenvalue weighted by Gasteiger charge is -2.24. The minimum atomic E-state index is -4.02. The molecule has 0 heterocycles. The lowest BCUT2D eigenvalue weighted by atomic mass is 10.1. The van der Waals surface area contributed by atoms with Crippen molar-refractivity contribution in [2.75, 3.05) is 17.5 Å². The molecule has 10 heteroatoms. The van der Waals surface area contributed by atoms with Gasteiger partial charge in [-0.05, 0) is 97.6 Å². The average Bonchev–Trinajstić information content (AvgIpc) is 2.96. The van der Waals surface area contributed by atoms with Crippen molar-refractivity contribution in [3.05, 3.63) is 118 Å². The summed E-state index contributed by atoms with van der Waals surface area (Å²) in [5.41, 5.74) is 6.20. The quantitative estimate of drug-likeness (QED) is 0.151. The summed E-state index contributed by atoms with van der Waals surface area (Å²) in [5.74, 6) is 0.484. The monoisotopic (exact) mass is 605 g/mol. The Morgan fingerprint density at radius 1 is 0.905 bits per heavy atom. The highest BCUT2D eigenvalue weighted by atomic mass is 35.5. The molecule has 0 saturated carbocycles. The molecule has 0 aliphatic rings. The highest BCUT2D eigenvalue weighted by Crippen LogP contribution is 2.29. The fourth-order valence-corrected chi connectivity index (χ4v) is 5.76. The Kier molecular flexibility index (Phi) is 10.2. The fourth-order valence-electron chi connectivity index (χ4n) is 4.21. The van der Waals surface area contributed by atoms with Crippen molar-refractivity contribution >= 4 is 39.4 Å². The fraction of sp³-hybridized carbons (Fsp3) is 0.188. The van der Waals surface area contributed by atoms with Gasteiger partial charge in [0.15, 0.2) is 11.5 Å². The van der Waals surface area contributed by atoms with E-state index in [4.69, 9.17) is 21.1 Å². The maximum atomic E-state index is 13.6. The molecule has 1 amide bonds. The smallest absolute Gasteiger partial charge is 0.264 e. The van der Waals surface area contributed by atoms with E-state index in [9.17, 15) is 13.2 Å². The zero-order valence-electron chi connectivity index (χ0n) is 23.6. The SMILES string of the molecule is CCOc1cc(/C=N\NC(=O)CN(c2cc(C)cc(C)c2)S(=O)(=O)c2ccccc2)ccc1OCc1ccc(Cl)cc1. The van der Waals surface area contributed by atoms with Crippen LogP contribution in [0.5, 0.6) is 11.5 Å². The lowest BCUT2D eigenvalue weighted by molar-refractivity contribution is -0.119. The van der Waals surface area contributed by atoms with Gasteiger partial charge in [-0.1, -0.05) is 48.0 Å². The van der Waals surface area contributed by atoms with Crippen LogP contribution in [0.1, 0.15) is 29.2 Å². The normalized spacial score (nSPS) is 11.3. The molecule has 0 unspecified atom stereocenters. The van der Waals surface area contributed by atoms with Gasteiger partial charge in [0, 0.05) is 5.02 Å². The Bertz CT molecular complexity index is 1640. The molecule has 0 fully saturated rings. The number of carbonyl (C=O) groups excluding carboxylic acids is 1. The van der Waals surface area contributed by atoms with Gasteiger partial charge in [-0.2, -0.15) is 5.10 Å². The highest BCUT2D eigenvalue weighted by molar-refractivity contribution is 7.92. The first kappa shape index (κ1) is 30.6. The summed E-state index contributed by atoms with van der Waals surface area (Å²) in [7, 11) is -4.02. The van der Waals surface area contributed by atoms with Crippen molar-refractivity contribution in [2.45, 2.75) is 32.3 Å². The van der Waals surface area contributed by atoms with E-state index in [1.807, 2.05) is 39.0 Å². The van der Waals surface area contributed by atoms with Gasteiger partial charge in [0.1, 0.15) is 13.2 Å². The first-order valence-corrected chi connectivity index (χ1v) is 15.1. The number of halogens is 1. The molecule has 42 heavy (non-hydrogen) atoms. The Labute approximate surface area is 251 Å². The molecule has 0 aromatic heterocycles. The minimum Gasteiger partial charge on any atom is -0.490 e. The molecule has 0 atom stereocenters. The number of amides is 1. The van der Waals surface area contributed by atoms with E-state index in [1.54, 1.807) is 60.7 Å². The van der Waals surface area contributed by atoms with Crippen LogP contribution in [-0.4, -0.2) is 33.7 Å². The van der Waals surface area contributed by atoms with Crippen molar-refractivity contribution in [1.82, 2.24) is 5.43 Å². The predicted octanol–water partition coefficient (Wildman–Crippen LogP) is 6.28. The Hall–Kier alpha value is -4.34. The Morgan fingerprint density at radius 2 is 1.60 bits per heavy atom. The molecule has 218 valence electrons. The number of nitrogens with one attached hydrogen (secondary N) is 1. The van der Waals surface area contributed by atoms with Gasteiger partial charge in [0.05, 0.1) is 23.4 Å². The van der Waals surface area contributed by atoms with Crippen LogP contribution in [0.2, 0.25) is 5.02 Å². The van der Waals surface area contributed by atoms with E-state index >= 15 is 0 Å². The molecule has 4 aromatic rings. The summed E-state index contributed by atoms with van der Waals surface area (Å²) >= 11 is 5.95. The largest absolute Gasteiger partial charge is 0.490 e. The molecule has 0 radical (unpaired) electrons. The second kappa shape index (κ2) is 14.0. The van der Waals surface area contributed by atoms with Crippen LogP contribution in [0.15, 0.2) is 101 Å². The first-order valence-electron chi connectivity index (χ1n) is 13.3. The van der Waals surface area contributed by atoms with Crippen molar-refractivity contribution < 1.29 is 22.7 Å². The Morgan fingerprint density at radius 3 is 2.26 bits per heavy atom. The summed E-state index contributed by atoms with van der Waals surface area (Å²) in [4.78, 5) is 13.0. The Balaban J connectivity index is 1.48. The summed E-state index contributed by atoms with van der Waals surface area (Å²) in [6.45, 7) is 5.92. The number of sulfonamides is 1. The summed E-state index contributed by atoms with van der Waals surface area (Å²) < 4.78 is 39.9. The van der Waals surface area contributed by atoms with Gasteiger partial charge >= 0.3 is 0 Å². The molecular formula is C32H32ClN3O5S. The number of carbonyl (C=O) groups is 1. The van der Waals surface area contributed by atoms with Gasteiger partial charge in [-0.3, -0.25) is 9.10 Å². The number of nitrogens with zero attached hydrogens (tertiary/aromatic N) is 2. The number of hydrazone groups is 1. The molecule has 4 aromatic carbocycles. The van der Waals surface area contributed by atoms with Crippen molar-refractivity contribution in [1.29, 1.82) is 0 Å². The number of benzene rings is 4. The van der Waals surface area contributed by atoms with Crippen molar-refractivity contribution in [3.8, 4) is 11.5 Å². The second-order valence-corrected chi connectivity index (χ2v) is 11.8. The standard InChI is InChI=1S/C32H32ClN3O5S/c1-4-40-31-19-26(12-15-30(31)41-22-25-10-13-27(33)14-11-25)20-34-35-32(37)21-36(28-17-23(2)16-24(3)18-28)42(38,39)29-8-6-5-7-9-29/h5-20H,4,21-22H2,1-3H3,(H,35,37)/b34-20-. The van der Waals surface area contributed by atoms with Gasteiger partial charge < -0.3 is 9.47 Å². The van der Waals surface area contributed by atoms with Crippen LogP contribution in [-0.2, 0) is 21.4 Å². The van der Waals surface area contributed by atoms with Crippen LogP contribution >= 0.6 is 11.6 Å². The van der Waals surface area contributed by atoms with Crippen LogP contribution < -0.4 is 19.2 Å². The predicted molar refractivity (Wildman–Crippen MR) is 166 cm³/mol. The number of hydrogen-bond acceptors (Lipinski definition) is 6. The van der Waals surface area contributed by atoms with E-state index in [0.29, 0.717) is 41.0 Å². The van der Waals surface area contributed by atoms with E-state index in [2.05, 4.69) is 10.5 Å². The van der Waals surface area contributed by atoms with Crippen LogP contribution in [0.3, 0.4) is 0 Å². The highest BCUT2D eigenvalue weighted by Gasteiger charge is 2.27. The zero-order valence-corrected chi connectivity index (χ0v) is 25.2. The zero-order chi connectivity index (χ0) is 30.1. The van der Waals surface area contributed by atoms with E-state index in [0.717, 1.165) is 21.0 Å². The summed E-state index contributed by atoms with van der Waals surface area (Å²) in [5, 5.41) is 4.71.